The van der Waals surface area contributed by atoms with E-state index in [9.17, 15) is 14.9 Å². The van der Waals surface area contributed by atoms with Gasteiger partial charge < -0.3 is 14.5 Å². The van der Waals surface area contributed by atoms with Gasteiger partial charge >= 0.3 is 5.97 Å². The average molecular weight is 409 g/mol. The Bertz CT molecular complexity index is 1120. The molecule has 0 fully saturated rings. The summed E-state index contributed by atoms with van der Waals surface area (Å²) in [5.74, 6) is -1.04. The average Bonchev–Trinajstić information content (AvgIpc) is 3.34. The number of hydrogen-bond acceptors (Lipinski definition) is 7. The molecule has 8 heteroatoms. The number of benzene rings is 1. The third kappa shape index (κ3) is 3.74. The van der Waals surface area contributed by atoms with E-state index in [2.05, 4.69) is 16.4 Å². The van der Waals surface area contributed by atoms with Crippen LogP contribution in [0.5, 0.6) is 0 Å². The van der Waals surface area contributed by atoms with Crippen molar-refractivity contribution in [2.75, 3.05) is 5.32 Å². The molecule has 1 N–H and O–H groups in total. The summed E-state index contributed by atoms with van der Waals surface area (Å²) in [4.78, 5) is 30.4. The fourth-order valence-corrected chi connectivity index (χ4v) is 4.71. The zero-order valence-corrected chi connectivity index (χ0v) is 16.7. The Balaban J connectivity index is 1.49. The van der Waals surface area contributed by atoms with Gasteiger partial charge in [-0.25, -0.2) is 9.78 Å². The summed E-state index contributed by atoms with van der Waals surface area (Å²) in [5, 5.41) is 12.9. The molecule has 0 spiro atoms. The lowest BCUT2D eigenvalue weighted by atomic mass is 9.96. The minimum atomic E-state index is -0.957. The van der Waals surface area contributed by atoms with Crippen molar-refractivity contribution < 1.29 is 18.7 Å². The van der Waals surface area contributed by atoms with Gasteiger partial charge in [0.2, 0.25) is 0 Å². The number of hydrogen-bond donors (Lipinski definition) is 1. The van der Waals surface area contributed by atoms with Crippen molar-refractivity contribution in [3.63, 3.8) is 0 Å². The van der Waals surface area contributed by atoms with Gasteiger partial charge in [0.1, 0.15) is 16.6 Å². The summed E-state index contributed by atoms with van der Waals surface area (Å²) in [5.41, 5.74) is 2.99. The van der Waals surface area contributed by atoms with E-state index in [1.807, 2.05) is 0 Å². The predicted molar refractivity (Wildman–Crippen MR) is 108 cm³/mol. The molecule has 4 rings (SSSR count). The van der Waals surface area contributed by atoms with Crippen molar-refractivity contribution in [1.29, 1.82) is 5.26 Å². The molecule has 1 atom stereocenters. The Morgan fingerprint density at radius 1 is 1.38 bits per heavy atom. The lowest BCUT2D eigenvalue weighted by molar-refractivity contribution is -0.124. The Hall–Kier alpha value is -3.18. The van der Waals surface area contributed by atoms with Gasteiger partial charge in [0.15, 0.2) is 18.1 Å². The maximum atomic E-state index is 12.7. The van der Waals surface area contributed by atoms with Crippen molar-refractivity contribution in [1.82, 2.24) is 4.98 Å². The Morgan fingerprint density at radius 2 is 2.21 bits per heavy atom. The van der Waals surface area contributed by atoms with Gasteiger partial charge in [-0.2, -0.15) is 5.26 Å². The fourth-order valence-electron chi connectivity index (χ4n) is 3.47. The summed E-state index contributed by atoms with van der Waals surface area (Å²) in [6, 6.07) is 6.99. The summed E-state index contributed by atoms with van der Waals surface area (Å²) in [6.07, 6.45) is 4.60. The largest absolute Gasteiger partial charge is 0.449 e. The minimum Gasteiger partial charge on any atom is -0.449 e. The summed E-state index contributed by atoms with van der Waals surface area (Å²) in [6.45, 7) is 1.77. The lowest BCUT2D eigenvalue weighted by Gasteiger charge is -2.15. The van der Waals surface area contributed by atoms with Gasteiger partial charge in [0.05, 0.1) is 11.1 Å². The summed E-state index contributed by atoms with van der Waals surface area (Å²) < 4.78 is 10.6. The molecule has 0 saturated carbocycles. The number of ether oxygens (including phenoxy) is 1. The number of oxazole rings is 1. The Morgan fingerprint density at radius 3 is 3.00 bits per heavy atom. The molecule has 1 amide bonds. The second-order valence-electron chi connectivity index (χ2n) is 6.85. The smallest absolute Gasteiger partial charge is 0.338 e. The zero-order valence-electron chi connectivity index (χ0n) is 15.9. The number of amides is 1. The number of esters is 1. The Kier molecular flexibility index (Phi) is 5.32. The number of aryl methyl sites for hydroxylation is 1. The first-order valence-electron chi connectivity index (χ1n) is 9.50. The molecule has 29 heavy (non-hydrogen) atoms. The highest BCUT2D eigenvalue weighted by Gasteiger charge is 2.26. The van der Waals surface area contributed by atoms with Crippen molar-refractivity contribution in [3.8, 4) is 6.07 Å². The van der Waals surface area contributed by atoms with E-state index < -0.39 is 18.0 Å². The number of rotatable bonds is 5. The minimum absolute atomic E-state index is 0.293. The SMILES string of the molecule is CCC(OC(=O)c1ccc2ocnc2c1)C(=O)Nc1sc2c(c1C#N)CCCC2. The van der Waals surface area contributed by atoms with Crippen molar-refractivity contribution in [2.24, 2.45) is 0 Å². The first-order chi connectivity index (χ1) is 14.1. The molecule has 1 unspecified atom stereocenters. The number of anilines is 1. The van der Waals surface area contributed by atoms with E-state index >= 15 is 0 Å². The van der Waals surface area contributed by atoms with Crippen LogP contribution in [0.1, 0.15) is 52.5 Å². The molecule has 3 aromatic rings. The standard InChI is InChI=1S/C21H19N3O4S/c1-2-16(28-21(26)12-7-8-17-15(9-12)23-11-27-17)19(25)24-20-14(10-22)13-5-3-4-6-18(13)29-20/h7-9,11,16H,2-6H2,1H3,(H,24,25). The normalized spacial score (nSPS) is 14.1. The number of aromatic nitrogens is 1. The number of nitriles is 1. The molecule has 1 aromatic carbocycles. The van der Waals surface area contributed by atoms with Gasteiger partial charge in [0, 0.05) is 4.88 Å². The lowest BCUT2D eigenvalue weighted by Crippen LogP contribution is -2.32. The van der Waals surface area contributed by atoms with Crippen LogP contribution < -0.4 is 5.32 Å². The second-order valence-corrected chi connectivity index (χ2v) is 7.96. The molecule has 148 valence electrons. The quantitative estimate of drug-likeness (QED) is 0.633. The fraction of sp³-hybridized carbons (Fsp3) is 0.333. The highest BCUT2D eigenvalue weighted by molar-refractivity contribution is 7.16. The predicted octanol–water partition coefficient (Wildman–Crippen LogP) is 4.21. The third-order valence-corrected chi connectivity index (χ3v) is 6.21. The highest BCUT2D eigenvalue weighted by atomic mass is 32.1. The molecule has 0 saturated heterocycles. The number of fused-ring (bicyclic) bond motifs is 2. The molecule has 0 aliphatic heterocycles. The zero-order chi connectivity index (χ0) is 20.4. The van der Waals surface area contributed by atoms with Crippen LogP contribution in [-0.2, 0) is 22.4 Å². The van der Waals surface area contributed by atoms with E-state index in [0.29, 0.717) is 33.6 Å². The number of carbonyl (C=O) groups is 2. The molecule has 0 radical (unpaired) electrons. The molecule has 7 nitrogen and oxygen atoms in total. The van der Waals surface area contributed by atoms with Gasteiger partial charge in [0.25, 0.3) is 5.91 Å². The molecular weight excluding hydrogens is 390 g/mol. The first kappa shape index (κ1) is 19.2. The number of carbonyl (C=O) groups excluding carboxylic acids is 2. The topological polar surface area (TPSA) is 105 Å². The van der Waals surface area contributed by atoms with Crippen LogP contribution >= 0.6 is 11.3 Å². The van der Waals surface area contributed by atoms with E-state index in [-0.39, 0.29) is 0 Å². The maximum Gasteiger partial charge on any atom is 0.338 e. The van der Waals surface area contributed by atoms with Crippen molar-refractivity contribution in [2.45, 2.75) is 45.1 Å². The van der Waals surface area contributed by atoms with Crippen LogP contribution in [0.2, 0.25) is 0 Å². The molecule has 0 bridgehead atoms. The Labute approximate surface area is 171 Å². The van der Waals surface area contributed by atoms with Crippen LogP contribution in [0.25, 0.3) is 11.1 Å². The van der Waals surface area contributed by atoms with Crippen LogP contribution in [0.3, 0.4) is 0 Å². The molecule has 1 aliphatic carbocycles. The van der Waals surface area contributed by atoms with Crippen LogP contribution in [0.15, 0.2) is 29.0 Å². The van der Waals surface area contributed by atoms with Crippen LogP contribution in [-0.4, -0.2) is 23.0 Å². The molecule has 2 heterocycles. The maximum absolute atomic E-state index is 12.7. The number of thiophene rings is 1. The van der Waals surface area contributed by atoms with Gasteiger partial charge in [-0.15, -0.1) is 11.3 Å². The molecular formula is C21H19N3O4S. The summed E-state index contributed by atoms with van der Waals surface area (Å²) >= 11 is 1.45. The second kappa shape index (κ2) is 8.05. The monoisotopic (exact) mass is 409 g/mol. The number of nitrogens with one attached hydrogen (secondary N) is 1. The molecule has 2 aromatic heterocycles. The van der Waals surface area contributed by atoms with E-state index in [0.717, 1.165) is 36.1 Å². The van der Waals surface area contributed by atoms with Gasteiger partial charge in [-0.3, -0.25) is 4.79 Å². The van der Waals surface area contributed by atoms with Crippen LogP contribution in [0.4, 0.5) is 5.00 Å². The van der Waals surface area contributed by atoms with E-state index in [1.54, 1.807) is 25.1 Å². The number of nitrogens with zero attached hydrogens (tertiary/aromatic N) is 2. The van der Waals surface area contributed by atoms with Gasteiger partial charge in [-0.05, 0) is 55.9 Å². The van der Waals surface area contributed by atoms with Gasteiger partial charge in [-0.1, -0.05) is 6.92 Å². The van der Waals surface area contributed by atoms with Crippen molar-refractivity contribution in [3.05, 3.63) is 46.2 Å². The highest BCUT2D eigenvalue weighted by Crippen LogP contribution is 2.37. The summed E-state index contributed by atoms with van der Waals surface area (Å²) in [7, 11) is 0. The van der Waals surface area contributed by atoms with Crippen molar-refractivity contribution >= 4 is 39.3 Å². The third-order valence-electron chi connectivity index (χ3n) is 5.00. The van der Waals surface area contributed by atoms with Crippen LogP contribution in [0, 0.1) is 11.3 Å². The van der Waals surface area contributed by atoms with E-state index in [4.69, 9.17) is 9.15 Å². The first-order valence-corrected chi connectivity index (χ1v) is 10.3. The van der Waals surface area contributed by atoms with E-state index in [1.165, 1.54) is 17.7 Å². The molecule has 1 aliphatic rings.